The molecule has 1 aromatic rings. The van der Waals surface area contributed by atoms with E-state index in [0.717, 1.165) is 5.56 Å². The molecule has 2 amide bonds. The average molecular weight is 284 g/mol. The SMILES string of the molecule is Cn1cc(CCNC(=O)NCC(C)(O)CC(=O)O)cn1. The molecule has 1 heterocycles. The first-order valence-corrected chi connectivity index (χ1v) is 6.22. The Hall–Kier alpha value is -2.09. The minimum Gasteiger partial charge on any atom is -0.481 e. The number of aromatic nitrogens is 2. The smallest absolute Gasteiger partial charge is 0.314 e. The van der Waals surface area contributed by atoms with Gasteiger partial charge in [0.15, 0.2) is 0 Å². The maximum absolute atomic E-state index is 11.5. The van der Waals surface area contributed by atoms with Gasteiger partial charge in [-0.05, 0) is 18.9 Å². The first kappa shape index (κ1) is 16.0. The van der Waals surface area contributed by atoms with Crippen LogP contribution in [0, 0.1) is 0 Å². The molecule has 4 N–H and O–H groups in total. The quantitative estimate of drug-likeness (QED) is 0.538. The fourth-order valence-electron chi connectivity index (χ4n) is 1.64. The molecule has 112 valence electrons. The zero-order valence-corrected chi connectivity index (χ0v) is 11.6. The second kappa shape index (κ2) is 6.90. The molecule has 0 aliphatic rings. The van der Waals surface area contributed by atoms with E-state index in [4.69, 9.17) is 5.11 Å². The van der Waals surface area contributed by atoms with Gasteiger partial charge < -0.3 is 20.8 Å². The number of aliphatic carboxylic acids is 1. The number of carboxylic acids is 1. The van der Waals surface area contributed by atoms with Gasteiger partial charge in [0, 0.05) is 26.3 Å². The maximum atomic E-state index is 11.5. The van der Waals surface area contributed by atoms with Crippen LogP contribution in [0.4, 0.5) is 4.79 Å². The predicted octanol–water partition coefficient (Wildman–Crippen LogP) is -0.512. The fraction of sp³-hybridized carbons (Fsp3) is 0.583. The summed E-state index contributed by atoms with van der Waals surface area (Å²) in [5.74, 6) is -1.12. The summed E-state index contributed by atoms with van der Waals surface area (Å²) in [7, 11) is 1.81. The molecule has 0 saturated carbocycles. The van der Waals surface area contributed by atoms with Gasteiger partial charge in [-0.15, -0.1) is 0 Å². The topological polar surface area (TPSA) is 116 Å². The summed E-state index contributed by atoms with van der Waals surface area (Å²) in [6.07, 6.45) is 3.80. The van der Waals surface area contributed by atoms with Gasteiger partial charge in [-0.1, -0.05) is 0 Å². The Morgan fingerprint density at radius 3 is 2.70 bits per heavy atom. The van der Waals surface area contributed by atoms with Gasteiger partial charge in [-0.3, -0.25) is 9.48 Å². The van der Waals surface area contributed by atoms with E-state index in [1.165, 1.54) is 6.92 Å². The molecule has 8 heteroatoms. The molecule has 20 heavy (non-hydrogen) atoms. The fourth-order valence-corrected chi connectivity index (χ4v) is 1.64. The van der Waals surface area contributed by atoms with E-state index in [1.54, 1.807) is 10.9 Å². The van der Waals surface area contributed by atoms with Crippen molar-refractivity contribution in [3.63, 3.8) is 0 Å². The van der Waals surface area contributed by atoms with Crippen molar-refractivity contribution in [2.75, 3.05) is 13.1 Å². The van der Waals surface area contributed by atoms with Crippen LogP contribution in [0.25, 0.3) is 0 Å². The Morgan fingerprint density at radius 1 is 1.45 bits per heavy atom. The molecular formula is C12H20N4O4. The summed E-state index contributed by atoms with van der Waals surface area (Å²) in [5.41, 5.74) is -0.460. The Balaban J connectivity index is 2.22. The number of rotatable bonds is 7. The van der Waals surface area contributed by atoms with Crippen molar-refractivity contribution >= 4 is 12.0 Å². The van der Waals surface area contributed by atoms with Crippen LogP contribution < -0.4 is 10.6 Å². The Morgan fingerprint density at radius 2 is 2.15 bits per heavy atom. The van der Waals surface area contributed by atoms with Crippen LogP contribution in [0.15, 0.2) is 12.4 Å². The molecule has 0 fully saturated rings. The molecule has 0 aliphatic heterocycles. The van der Waals surface area contributed by atoms with Crippen LogP contribution in [0.1, 0.15) is 18.9 Å². The van der Waals surface area contributed by atoms with Crippen LogP contribution >= 0.6 is 0 Å². The molecule has 1 atom stereocenters. The predicted molar refractivity (Wildman–Crippen MR) is 71.2 cm³/mol. The highest BCUT2D eigenvalue weighted by Crippen LogP contribution is 2.07. The number of urea groups is 1. The van der Waals surface area contributed by atoms with Gasteiger partial charge in [0.1, 0.15) is 0 Å². The van der Waals surface area contributed by atoms with E-state index >= 15 is 0 Å². The van der Waals surface area contributed by atoms with Crippen molar-refractivity contribution in [3.8, 4) is 0 Å². The molecule has 0 aromatic carbocycles. The molecule has 1 rings (SSSR count). The van der Waals surface area contributed by atoms with Gasteiger partial charge in [-0.2, -0.15) is 5.10 Å². The van der Waals surface area contributed by atoms with Crippen molar-refractivity contribution < 1.29 is 19.8 Å². The molecule has 0 saturated heterocycles. The molecular weight excluding hydrogens is 264 g/mol. The van der Waals surface area contributed by atoms with Crippen LogP contribution in [0.5, 0.6) is 0 Å². The first-order chi connectivity index (χ1) is 9.28. The summed E-state index contributed by atoms with van der Waals surface area (Å²) in [5, 5.41) is 27.4. The van der Waals surface area contributed by atoms with E-state index in [-0.39, 0.29) is 6.54 Å². The number of carbonyl (C=O) groups is 2. The van der Waals surface area contributed by atoms with E-state index in [0.29, 0.717) is 13.0 Å². The number of nitrogens with one attached hydrogen (secondary N) is 2. The Kier molecular flexibility index (Phi) is 5.51. The molecule has 0 aliphatic carbocycles. The van der Waals surface area contributed by atoms with Crippen LogP contribution in [0.3, 0.4) is 0 Å². The summed E-state index contributed by atoms with van der Waals surface area (Å²) < 4.78 is 1.68. The number of aryl methyl sites for hydroxylation is 1. The number of carbonyl (C=O) groups excluding carboxylic acids is 1. The van der Waals surface area contributed by atoms with Crippen molar-refractivity contribution in [3.05, 3.63) is 18.0 Å². The highest BCUT2D eigenvalue weighted by atomic mass is 16.4. The van der Waals surface area contributed by atoms with Crippen molar-refractivity contribution in [2.24, 2.45) is 7.05 Å². The molecule has 1 aromatic heterocycles. The third-order valence-corrected chi connectivity index (χ3v) is 2.62. The van der Waals surface area contributed by atoms with Gasteiger partial charge in [0.2, 0.25) is 0 Å². The summed E-state index contributed by atoms with van der Waals surface area (Å²) in [6, 6.07) is -0.445. The lowest BCUT2D eigenvalue weighted by Gasteiger charge is -2.21. The van der Waals surface area contributed by atoms with Gasteiger partial charge in [0.05, 0.1) is 18.2 Å². The summed E-state index contributed by atoms with van der Waals surface area (Å²) in [6.45, 7) is 1.66. The minimum atomic E-state index is -1.47. The molecule has 8 nitrogen and oxygen atoms in total. The maximum Gasteiger partial charge on any atom is 0.314 e. The number of hydrogen-bond donors (Lipinski definition) is 4. The zero-order valence-electron chi connectivity index (χ0n) is 11.6. The number of carboxylic acid groups (broad SMARTS) is 1. The van der Waals surface area contributed by atoms with E-state index in [2.05, 4.69) is 15.7 Å². The second-order valence-electron chi connectivity index (χ2n) is 4.95. The van der Waals surface area contributed by atoms with E-state index < -0.39 is 24.0 Å². The van der Waals surface area contributed by atoms with Gasteiger partial charge >= 0.3 is 12.0 Å². The first-order valence-electron chi connectivity index (χ1n) is 6.22. The molecule has 0 bridgehead atoms. The van der Waals surface area contributed by atoms with Crippen LogP contribution in [0.2, 0.25) is 0 Å². The second-order valence-corrected chi connectivity index (χ2v) is 4.95. The van der Waals surface area contributed by atoms with E-state index in [1.807, 2.05) is 13.2 Å². The average Bonchev–Trinajstić information content (AvgIpc) is 2.71. The third kappa shape index (κ3) is 6.19. The monoisotopic (exact) mass is 284 g/mol. The minimum absolute atomic E-state index is 0.127. The van der Waals surface area contributed by atoms with Crippen LogP contribution in [-0.2, 0) is 18.3 Å². The standard InChI is InChI=1S/C12H20N4O4/c1-12(20,5-10(17)18)8-14-11(19)13-4-3-9-6-15-16(2)7-9/h6-7,20H,3-5,8H2,1-2H3,(H,17,18)(H2,13,14,19). The lowest BCUT2D eigenvalue weighted by Crippen LogP contribution is -2.46. The number of nitrogens with zero attached hydrogens (tertiary/aromatic N) is 2. The molecule has 1 unspecified atom stereocenters. The normalized spacial score (nSPS) is 13.6. The largest absolute Gasteiger partial charge is 0.481 e. The Labute approximate surface area is 116 Å². The summed E-state index contributed by atoms with van der Waals surface area (Å²) in [4.78, 5) is 22.0. The van der Waals surface area contributed by atoms with Crippen LogP contribution in [-0.4, -0.2) is 50.7 Å². The lowest BCUT2D eigenvalue weighted by atomic mass is 10.0. The Bertz CT molecular complexity index is 470. The molecule has 0 spiro atoms. The highest BCUT2D eigenvalue weighted by molar-refractivity contribution is 5.74. The van der Waals surface area contributed by atoms with Crippen molar-refractivity contribution in [1.29, 1.82) is 0 Å². The third-order valence-electron chi connectivity index (χ3n) is 2.62. The van der Waals surface area contributed by atoms with Gasteiger partial charge in [0.25, 0.3) is 0 Å². The number of aliphatic hydroxyl groups is 1. The van der Waals surface area contributed by atoms with E-state index in [9.17, 15) is 14.7 Å². The van der Waals surface area contributed by atoms with Crippen molar-refractivity contribution in [2.45, 2.75) is 25.4 Å². The summed E-state index contributed by atoms with van der Waals surface area (Å²) >= 11 is 0. The van der Waals surface area contributed by atoms with Gasteiger partial charge in [-0.25, -0.2) is 4.79 Å². The van der Waals surface area contributed by atoms with Crippen molar-refractivity contribution in [1.82, 2.24) is 20.4 Å². The lowest BCUT2D eigenvalue weighted by molar-refractivity contribution is -0.141. The molecule has 0 radical (unpaired) electrons. The zero-order chi connectivity index (χ0) is 15.2. The number of amides is 2. The number of hydrogen-bond acceptors (Lipinski definition) is 4. The highest BCUT2D eigenvalue weighted by Gasteiger charge is 2.24.